The molecule has 0 nitrogen and oxygen atoms in total. The van der Waals surface area contributed by atoms with Crippen molar-refractivity contribution >= 4 is 0 Å². The molecule has 0 atom stereocenters. The van der Waals surface area contributed by atoms with Crippen molar-refractivity contribution in [3.05, 3.63) is 37.0 Å². The monoisotopic (exact) mass is 108 g/mol. The molecule has 0 fully saturated rings. The van der Waals surface area contributed by atoms with Crippen LogP contribution in [-0.2, 0) is 0 Å². The quantitative estimate of drug-likeness (QED) is 0.487. The van der Waals surface area contributed by atoms with E-state index < -0.39 is 0 Å². The van der Waals surface area contributed by atoms with Crippen LogP contribution in [0.25, 0.3) is 0 Å². The van der Waals surface area contributed by atoms with Crippen LogP contribution in [0.3, 0.4) is 0 Å². The minimum absolute atomic E-state index is 1.10. The molecule has 0 aliphatic carbocycles. The summed E-state index contributed by atoms with van der Waals surface area (Å²) in [6, 6.07) is 0. The Bertz CT molecular complexity index is 96.6. The van der Waals surface area contributed by atoms with Crippen molar-refractivity contribution in [2.45, 2.75) is 13.3 Å². The maximum Gasteiger partial charge on any atom is -0.0376 e. The lowest BCUT2D eigenvalue weighted by Crippen LogP contribution is -1.49. The minimum atomic E-state index is 1.10. The predicted octanol–water partition coefficient (Wildman–Crippen LogP) is 2.69. The molecule has 0 radical (unpaired) electrons. The normalized spacial score (nSPS) is 11.1. The van der Waals surface area contributed by atoms with E-state index in [1.165, 1.54) is 0 Å². The van der Waals surface area contributed by atoms with Gasteiger partial charge in [-0.15, -0.1) is 0 Å². The number of rotatable bonds is 3. The third-order valence-corrected chi connectivity index (χ3v) is 0.730. The summed E-state index contributed by atoms with van der Waals surface area (Å²) in [6.07, 6.45) is 10.9. The average Bonchev–Trinajstić information content (AvgIpc) is 1.81. The number of hydrogen-bond acceptors (Lipinski definition) is 0. The summed E-state index contributed by atoms with van der Waals surface area (Å²) in [6.45, 7) is 5.65. The third kappa shape index (κ3) is 5.22. The second-order valence-electron chi connectivity index (χ2n) is 1.46. The molecule has 8 heavy (non-hydrogen) atoms. The van der Waals surface area contributed by atoms with Gasteiger partial charge >= 0.3 is 0 Å². The molecule has 0 aromatic heterocycles. The van der Waals surface area contributed by atoms with Crippen molar-refractivity contribution in [2.24, 2.45) is 0 Å². The van der Waals surface area contributed by atoms with Crippen molar-refractivity contribution in [3.63, 3.8) is 0 Å². The summed E-state index contributed by atoms with van der Waals surface area (Å²) < 4.78 is 0. The molecule has 0 aliphatic heterocycles. The van der Waals surface area contributed by atoms with Crippen LogP contribution in [-0.4, -0.2) is 0 Å². The fourth-order valence-electron chi connectivity index (χ4n) is 0.357. The fraction of sp³-hybridized carbons (Fsp3) is 0.250. The Hall–Kier alpha value is -0.780. The molecule has 44 valence electrons. The van der Waals surface area contributed by atoms with Gasteiger partial charge in [0.1, 0.15) is 0 Å². The van der Waals surface area contributed by atoms with E-state index in [-0.39, 0.29) is 0 Å². The number of hydrogen-bond donors (Lipinski definition) is 0. The van der Waals surface area contributed by atoms with Crippen molar-refractivity contribution in [1.29, 1.82) is 0 Å². The highest BCUT2D eigenvalue weighted by Crippen LogP contribution is 1.80. The molecular formula is C8H12. The first-order valence-electron chi connectivity index (χ1n) is 2.86. The Morgan fingerprint density at radius 1 is 1.25 bits per heavy atom. The fourth-order valence-corrected chi connectivity index (χ4v) is 0.357. The summed E-state index contributed by atoms with van der Waals surface area (Å²) in [5.74, 6) is 0. The van der Waals surface area contributed by atoms with E-state index >= 15 is 0 Å². The van der Waals surface area contributed by atoms with Crippen LogP contribution in [0.4, 0.5) is 0 Å². The Morgan fingerprint density at radius 3 is 2.50 bits per heavy atom. The molecule has 0 aliphatic rings. The molecule has 0 rings (SSSR count). The van der Waals surface area contributed by atoms with Gasteiger partial charge in [-0.3, -0.25) is 0 Å². The number of allylic oxidation sites excluding steroid dienone is 5. The highest BCUT2D eigenvalue weighted by molar-refractivity contribution is 5.08. The van der Waals surface area contributed by atoms with E-state index in [1.54, 1.807) is 6.08 Å². The first-order chi connectivity index (χ1) is 3.91. The van der Waals surface area contributed by atoms with Gasteiger partial charge in [0.05, 0.1) is 0 Å². The van der Waals surface area contributed by atoms with Gasteiger partial charge in [-0.05, 0) is 6.42 Å². The highest BCUT2D eigenvalue weighted by Gasteiger charge is 1.59. The van der Waals surface area contributed by atoms with Gasteiger partial charge in [-0.25, -0.2) is 0 Å². The zero-order valence-corrected chi connectivity index (χ0v) is 5.30. The molecular weight excluding hydrogens is 96.1 g/mol. The second kappa shape index (κ2) is 6.22. The molecule has 0 bridgehead atoms. The molecule has 0 aromatic carbocycles. The van der Waals surface area contributed by atoms with Gasteiger partial charge in [-0.2, -0.15) is 0 Å². The van der Waals surface area contributed by atoms with E-state index in [2.05, 4.69) is 19.6 Å². The Morgan fingerprint density at radius 2 is 2.00 bits per heavy atom. The van der Waals surface area contributed by atoms with Gasteiger partial charge < -0.3 is 0 Å². The van der Waals surface area contributed by atoms with Crippen LogP contribution < -0.4 is 0 Å². The molecule has 0 aromatic rings. The van der Waals surface area contributed by atoms with E-state index in [0.717, 1.165) is 6.42 Å². The first kappa shape index (κ1) is 7.22. The average molecular weight is 108 g/mol. The molecule has 0 saturated heterocycles. The third-order valence-electron chi connectivity index (χ3n) is 0.730. The molecule has 0 saturated carbocycles. The van der Waals surface area contributed by atoms with E-state index in [4.69, 9.17) is 0 Å². The summed E-state index contributed by atoms with van der Waals surface area (Å²) >= 11 is 0. The summed E-state index contributed by atoms with van der Waals surface area (Å²) in [4.78, 5) is 0. The molecule has 0 spiro atoms. The van der Waals surface area contributed by atoms with Gasteiger partial charge in [0, 0.05) is 0 Å². The standard InChI is InChI=1S/C8H12/c1-3-5-7-8-6-4-2/h3,5-8H,1,4H2,2H3. The Balaban J connectivity index is 3.26. The van der Waals surface area contributed by atoms with Gasteiger partial charge in [-0.1, -0.05) is 43.9 Å². The van der Waals surface area contributed by atoms with Crippen LogP contribution in [0.5, 0.6) is 0 Å². The SMILES string of the molecule is C=CC=CC=CCC. The lowest BCUT2D eigenvalue weighted by molar-refractivity contribution is 1.22. The summed E-state index contributed by atoms with van der Waals surface area (Å²) in [7, 11) is 0. The molecule has 0 heterocycles. The van der Waals surface area contributed by atoms with Crippen molar-refractivity contribution < 1.29 is 0 Å². The Kier molecular flexibility index (Phi) is 5.61. The molecule has 0 amide bonds. The molecule has 0 unspecified atom stereocenters. The Labute approximate surface area is 51.2 Å². The van der Waals surface area contributed by atoms with Crippen LogP contribution in [0, 0.1) is 0 Å². The maximum absolute atomic E-state index is 3.54. The van der Waals surface area contributed by atoms with Gasteiger partial charge in [0.25, 0.3) is 0 Å². The van der Waals surface area contributed by atoms with Crippen LogP contribution in [0.1, 0.15) is 13.3 Å². The van der Waals surface area contributed by atoms with Gasteiger partial charge in [0.2, 0.25) is 0 Å². The smallest absolute Gasteiger partial charge is 0.0376 e. The predicted molar refractivity (Wildman–Crippen MR) is 38.8 cm³/mol. The zero-order valence-electron chi connectivity index (χ0n) is 5.30. The van der Waals surface area contributed by atoms with Crippen LogP contribution in [0.2, 0.25) is 0 Å². The molecule has 0 N–H and O–H groups in total. The second-order valence-corrected chi connectivity index (χ2v) is 1.46. The van der Waals surface area contributed by atoms with E-state index in [9.17, 15) is 0 Å². The van der Waals surface area contributed by atoms with Crippen LogP contribution >= 0.6 is 0 Å². The topological polar surface area (TPSA) is 0 Å². The molecule has 0 heteroatoms. The lowest BCUT2D eigenvalue weighted by atomic mass is 10.4. The van der Waals surface area contributed by atoms with E-state index in [0.29, 0.717) is 0 Å². The zero-order chi connectivity index (χ0) is 6.24. The van der Waals surface area contributed by atoms with Crippen molar-refractivity contribution in [2.75, 3.05) is 0 Å². The summed E-state index contributed by atoms with van der Waals surface area (Å²) in [5.41, 5.74) is 0. The minimum Gasteiger partial charge on any atom is -0.0991 e. The van der Waals surface area contributed by atoms with Gasteiger partial charge in [0.15, 0.2) is 0 Å². The highest BCUT2D eigenvalue weighted by atomic mass is 13.7. The van der Waals surface area contributed by atoms with Crippen molar-refractivity contribution in [3.8, 4) is 0 Å². The van der Waals surface area contributed by atoms with E-state index in [1.807, 2.05) is 18.2 Å². The lowest BCUT2D eigenvalue weighted by Gasteiger charge is -1.71. The van der Waals surface area contributed by atoms with Crippen molar-refractivity contribution in [1.82, 2.24) is 0 Å². The summed E-state index contributed by atoms with van der Waals surface area (Å²) in [5, 5.41) is 0. The largest absolute Gasteiger partial charge is 0.0991 e. The first-order valence-corrected chi connectivity index (χ1v) is 2.86. The van der Waals surface area contributed by atoms with Crippen LogP contribution in [0.15, 0.2) is 37.0 Å². The maximum atomic E-state index is 3.54.